The molecule has 2 atom stereocenters. The lowest BCUT2D eigenvalue weighted by Crippen LogP contribution is -2.24. The molecule has 228 valence electrons. The molecule has 0 fully saturated rings. The van der Waals surface area contributed by atoms with Crippen LogP contribution in [0.1, 0.15) is 108 Å². The molecule has 0 radical (unpaired) electrons. The minimum atomic E-state index is 0.0648. The van der Waals surface area contributed by atoms with Crippen LogP contribution in [0, 0.1) is 22.7 Å². The highest BCUT2D eigenvalue weighted by Crippen LogP contribution is 2.40. The molecule has 2 aliphatic carbocycles. The van der Waals surface area contributed by atoms with Gasteiger partial charge in [-0.1, -0.05) is 126 Å². The first-order valence-corrected chi connectivity index (χ1v) is 15.8. The van der Waals surface area contributed by atoms with Gasteiger partial charge in [0.2, 0.25) is 0 Å². The molecule has 0 bridgehead atoms. The molecule has 0 heterocycles. The summed E-state index contributed by atoms with van der Waals surface area (Å²) in [5.41, 5.74) is 7.00. The van der Waals surface area contributed by atoms with Gasteiger partial charge < -0.3 is 0 Å². The van der Waals surface area contributed by atoms with Crippen LogP contribution in [0.15, 0.2) is 106 Å². The summed E-state index contributed by atoms with van der Waals surface area (Å²) in [5, 5.41) is 0. The first kappa shape index (κ1) is 35.2. The summed E-state index contributed by atoms with van der Waals surface area (Å²) in [6.45, 7) is 21.6. The van der Waals surface area contributed by atoms with Crippen molar-refractivity contribution in [1.82, 2.24) is 0 Å². The summed E-state index contributed by atoms with van der Waals surface area (Å²) in [4.78, 5) is 24.3. The van der Waals surface area contributed by atoms with E-state index in [1.165, 1.54) is 22.3 Å². The summed E-state index contributed by atoms with van der Waals surface area (Å²) < 4.78 is 0. The molecular weight excluding hydrogens is 512 g/mol. The molecule has 42 heavy (non-hydrogen) atoms. The van der Waals surface area contributed by atoms with Gasteiger partial charge >= 0.3 is 0 Å². The lowest BCUT2D eigenvalue weighted by atomic mass is 9.72. The van der Waals surface area contributed by atoms with Crippen molar-refractivity contribution in [2.75, 3.05) is 0 Å². The van der Waals surface area contributed by atoms with Crippen LogP contribution < -0.4 is 0 Å². The Labute approximate surface area is 257 Å². The molecule has 0 aromatic rings. The Morgan fingerprint density at radius 2 is 1.02 bits per heavy atom. The number of rotatable bonds is 12. The van der Waals surface area contributed by atoms with Crippen LogP contribution in [-0.4, -0.2) is 11.6 Å². The average Bonchev–Trinajstić information content (AvgIpc) is 2.91. The van der Waals surface area contributed by atoms with E-state index in [0.717, 1.165) is 36.8 Å². The van der Waals surface area contributed by atoms with Crippen LogP contribution in [0.25, 0.3) is 0 Å². The maximum atomic E-state index is 12.2. The molecule has 2 aliphatic rings. The maximum Gasteiger partial charge on any atom is 0.158 e. The van der Waals surface area contributed by atoms with E-state index >= 15 is 0 Å². The van der Waals surface area contributed by atoms with Crippen LogP contribution in [0.5, 0.6) is 0 Å². The van der Waals surface area contributed by atoms with Crippen molar-refractivity contribution < 1.29 is 9.59 Å². The standard InChI is InChI=1S/C40H56O2/c1-29(17-13-19-31(3)21-23-35-33(5)37(41)25-27-39(35,7)8)15-11-12-16-30(2)18-14-20-32(4)22-24-36-34(6)38(42)26-28-40(36,9)10/h11-16,19-24,31-32H,17-18,25-28H2,1-10H3/b12-11+,19-13+,20-14+,23-21+,24-22+,29-15+,30-16+. The normalized spacial score (nSPS) is 22.2. The van der Waals surface area contributed by atoms with Crippen LogP contribution >= 0.6 is 0 Å². The van der Waals surface area contributed by atoms with Gasteiger partial charge in [0.1, 0.15) is 0 Å². The molecular formula is C40H56O2. The van der Waals surface area contributed by atoms with Crippen molar-refractivity contribution in [2.45, 2.75) is 108 Å². The molecule has 0 saturated carbocycles. The number of hydrogen-bond acceptors (Lipinski definition) is 2. The Morgan fingerprint density at radius 1 is 0.667 bits per heavy atom. The van der Waals surface area contributed by atoms with Crippen molar-refractivity contribution in [3.8, 4) is 0 Å². The number of hydrogen-bond donors (Lipinski definition) is 0. The fourth-order valence-electron chi connectivity index (χ4n) is 5.65. The second-order valence-corrected chi connectivity index (χ2v) is 13.8. The van der Waals surface area contributed by atoms with Crippen LogP contribution in [0.4, 0.5) is 0 Å². The number of carbonyl (C=O) groups excluding carboxylic acids is 2. The van der Waals surface area contributed by atoms with Crippen molar-refractivity contribution in [3.05, 3.63) is 106 Å². The highest BCUT2D eigenvalue weighted by atomic mass is 16.1. The fraction of sp³-hybridized carbons (Fsp3) is 0.500. The second-order valence-electron chi connectivity index (χ2n) is 13.8. The molecule has 0 N–H and O–H groups in total. The minimum absolute atomic E-state index is 0.0648. The van der Waals surface area contributed by atoms with Crippen LogP contribution in [0.2, 0.25) is 0 Å². The smallest absolute Gasteiger partial charge is 0.158 e. The van der Waals surface area contributed by atoms with Gasteiger partial charge in [0, 0.05) is 12.8 Å². The van der Waals surface area contributed by atoms with E-state index in [1.54, 1.807) is 0 Å². The lowest BCUT2D eigenvalue weighted by Gasteiger charge is -2.32. The summed E-state index contributed by atoms with van der Waals surface area (Å²) in [5.74, 6) is 1.22. The molecule has 2 nitrogen and oxygen atoms in total. The molecule has 2 rings (SSSR count). The van der Waals surface area contributed by atoms with Gasteiger partial charge in [-0.05, 0) is 98.3 Å². The zero-order valence-electron chi connectivity index (χ0n) is 28.1. The molecule has 2 heteroatoms. The van der Waals surface area contributed by atoms with E-state index in [-0.39, 0.29) is 22.4 Å². The van der Waals surface area contributed by atoms with Crippen LogP contribution in [0.3, 0.4) is 0 Å². The second kappa shape index (κ2) is 16.0. The molecule has 0 spiro atoms. The SMILES string of the molecule is CC1=C(/C=C/C(C)/C=C/C/C(C)=C/C=C/C=C(\C)C/C=C/C(C)/C=C/C2=C(C)C(=O)CCC2(C)C)C(C)(C)CCC1=O. The first-order chi connectivity index (χ1) is 19.6. The molecule has 2 unspecified atom stereocenters. The third-order valence-corrected chi connectivity index (χ3v) is 8.82. The van der Waals surface area contributed by atoms with Gasteiger partial charge in [0.05, 0.1) is 0 Å². The van der Waals surface area contributed by atoms with E-state index in [1.807, 2.05) is 13.8 Å². The van der Waals surface area contributed by atoms with E-state index in [2.05, 4.69) is 128 Å². The number of carbonyl (C=O) groups is 2. The molecule has 0 saturated heterocycles. The van der Waals surface area contributed by atoms with E-state index < -0.39 is 0 Å². The highest BCUT2D eigenvalue weighted by molar-refractivity contribution is 5.97. The summed E-state index contributed by atoms with van der Waals surface area (Å²) in [6, 6.07) is 0. The zero-order valence-corrected chi connectivity index (χ0v) is 28.1. The Hall–Kier alpha value is -3.00. The van der Waals surface area contributed by atoms with Gasteiger partial charge in [-0.25, -0.2) is 0 Å². The minimum Gasteiger partial charge on any atom is -0.295 e. The van der Waals surface area contributed by atoms with Crippen molar-refractivity contribution in [1.29, 1.82) is 0 Å². The van der Waals surface area contributed by atoms with Gasteiger partial charge in [-0.15, -0.1) is 0 Å². The molecule has 0 amide bonds. The number of Topliss-reactive ketones (excluding diaryl/α,β-unsaturated/α-hetero) is 2. The molecule has 0 aliphatic heterocycles. The van der Waals surface area contributed by atoms with Crippen molar-refractivity contribution >= 4 is 11.6 Å². The summed E-state index contributed by atoms with van der Waals surface area (Å²) >= 11 is 0. The van der Waals surface area contributed by atoms with Gasteiger partial charge in [0.15, 0.2) is 11.6 Å². The topological polar surface area (TPSA) is 34.1 Å². The Bertz CT molecular complexity index is 1160. The Balaban J connectivity index is 1.82. The van der Waals surface area contributed by atoms with Crippen molar-refractivity contribution in [2.24, 2.45) is 22.7 Å². The van der Waals surface area contributed by atoms with E-state index in [9.17, 15) is 9.59 Å². The van der Waals surface area contributed by atoms with E-state index in [4.69, 9.17) is 0 Å². The zero-order chi connectivity index (χ0) is 31.5. The Kier molecular flexibility index (Phi) is 13.4. The molecule has 0 aromatic heterocycles. The molecule has 0 aromatic carbocycles. The third kappa shape index (κ3) is 11.0. The quantitative estimate of drug-likeness (QED) is 0.173. The van der Waals surface area contributed by atoms with Gasteiger partial charge in [-0.3, -0.25) is 9.59 Å². The van der Waals surface area contributed by atoms with E-state index in [0.29, 0.717) is 24.7 Å². The van der Waals surface area contributed by atoms with Crippen molar-refractivity contribution in [3.63, 3.8) is 0 Å². The average molecular weight is 569 g/mol. The highest BCUT2D eigenvalue weighted by Gasteiger charge is 2.31. The summed E-state index contributed by atoms with van der Waals surface area (Å²) in [7, 11) is 0. The monoisotopic (exact) mass is 568 g/mol. The summed E-state index contributed by atoms with van der Waals surface area (Å²) in [6.07, 6.45) is 31.3. The first-order valence-electron chi connectivity index (χ1n) is 15.8. The predicted molar refractivity (Wildman–Crippen MR) is 182 cm³/mol. The fourth-order valence-corrected chi connectivity index (χ4v) is 5.65. The largest absolute Gasteiger partial charge is 0.295 e. The third-order valence-electron chi connectivity index (χ3n) is 8.82. The lowest BCUT2D eigenvalue weighted by molar-refractivity contribution is -0.117. The van der Waals surface area contributed by atoms with Crippen LogP contribution in [-0.2, 0) is 9.59 Å². The van der Waals surface area contributed by atoms with Gasteiger partial charge in [0.25, 0.3) is 0 Å². The Morgan fingerprint density at radius 3 is 1.38 bits per heavy atom. The maximum absolute atomic E-state index is 12.2. The number of allylic oxidation sites excluding steroid dienone is 18. The van der Waals surface area contributed by atoms with Gasteiger partial charge in [-0.2, -0.15) is 0 Å². The predicted octanol–water partition coefficient (Wildman–Crippen LogP) is 11.1. The number of ketones is 2.